The van der Waals surface area contributed by atoms with Crippen LogP contribution in [0.2, 0.25) is 0 Å². The van der Waals surface area contributed by atoms with Gasteiger partial charge >= 0.3 is 12.0 Å². The predicted molar refractivity (Wildman–Crippen MR) is 77.6 cm³/mol. The van der Waals surface area contributed by atoms with E-state index in [9.17, 15) is 14.4 Å². The van der Waals surface area contributed by atoms with Crippen LogP contribution >= 0.6 is 0 Å². The molecule has 0 saturated heterocycles. The molecule has 1 saturated carbocycles. The first-order chi connectivity index (χ1) is 9.90. The highest BCUT2D eigenvalue weighted by Crippen LogP contribution is 2.24. The lowest BCUT2D eigenvalue weighted by Crippen LogP contribution is -2.48. The van der Waals surface area contributed by atoms with Crippen molar-refractivity contribution in [2.75, 3.05) is 13.6 Å². The molecule has 0 spiro atoms. The summed E-state index contributed by atoms with van der Waals surface area (Å²) >= 11 is 0. The molecule has 0 aromatic carbocycles. The third-order valence-electron chi connectivity index (χ3n) is 3.88. The van der Waals surface area contributed by atoms with E-state index >= 15 is 0 Å². The van der Waals surface area contributed by atoms with Crippen LogP contribution in [0.4, 0.5) is 4.79 Å². The molecular formula is C14H25N3O4. The Morgan fingerprint density at radius 3 is 2.43 bits per heavy atom. The summed E-state index contributed by atoms with van der Waals surface area (Å²) in [5.74, 6) is -1.25. The van der Waals surface area contributed by atoms with Crippen molar-refractivity contribution in [3.63, 3.8) is 0 Å². The number of carboxylic acids is 1. The van der Waals surface area contributed by atoms with Crippen molar-refractivity contribution in [2.24, 2.45) is 11.7 Å². The van der Waals surface area contributed by atoms with E-state index in [0.29, 0.717) is 12.5 Å². The summed E-state index contributed by atoms with van der Waals surface area (Å²) in [6, 6.07) is -1.50. The van der Waals surface area contributed by atoms with Crippen molar-refractivity contribution in [3.05, 3.63) is 0 Å². The van der Waals surface area contributed by atoms with Crippen molar-refractivity contribution < 1.29 is 19.5 Å². The minimum atomic E-state index is -1.16. The molecule has 0 radical (unpaired) electrons. The third-order valence-corrected chi connectivity index (χ3v) is 3.88. The average molecular weight is 299 g/mol. The SMILES string of the molecule is CN(CC1CCCCC1)C(=O)NC(CCC(N)=O)C(=O)O. The number of carboxylic acid groups (broad SMARTS) is 1. The van der Waals surface area contributed by atoms with Crippen LogP contribution in [0.3, 0.4) is 0 Å². The van der Waals surface area contributed by atoms with E-state index in [0.717, 1.165) is 12.8 Å². The Morgan fingerprint density at radius 1 is 1.29 bits per heavy atom. The first-order valence-electron chi connectivity index (χ1n) is 7.43. The molecule has 1 rings (SSSR count). The maximum absolute atomic E-state index is 12.0. The number of hydrogen-bond donors (Lipinski definition) is 3. The van der Waals surface area contributed by atoms with Gasteiger partial charge in [-0.3, -0.25) is 4.79 Å². The van der Waals surface area contributed by atoms with Gasteiger partial charge in [-0.2, -0.15) is 0 Å². The number of carbonyl (C=O) groups excluding carboxylic acids is 2. The number of amides is 3. The van der Waals surface area contributed by atoms with Crippen molar-refractivity contribution in [2.45, 2.75) is 51.0 Å². The van der Waals surface area contributed by atoms with E-state index in [1.165, 1.54) is 24.2 Å². The average Bonchev–Trinajstić information content (AvgIpc) is 2.43. The summed E-state index contributed by atoms with van der Waals surface area (Å²) in [6.07, 6.45) is 5.80. The fourth-order valence-corrected chi connectivity index (χ4v) is 2.64. The fourth-order valence-electron chi connectivity index (χ4n) is 2.64. The predicted octanol–water partition coefficient (Wildman–Crippen LogP) is 0.927. The second kappa shape index (κ2) is 8.49. The van der Waals surface area contributed by atoms with E-state index < -0.39 is 23.9 Å². The number of nitrogens with one attached hydrogen (secondary N) is 1. The largest absolute Gasteiger partial charge is 0.480 e. The molecule has 1 aliphatic rings. The van der Waals surface area contributed by atoms with Gasteiger partial charge in [0.15, 0.2) is 0 Å². The zero-order valence-corrected chi connectivity index (χ0v) is 12.5. The van der Waals surface area contributed by atoms with Crippen LogP contribution in [0.25, 0.3) is 0 Å². The number of nitrogens with zero attached hydrogens (tertiary/aromatic N) is 1. The molecule has 21 heavy (non-hydrogen) atoms. The van der Waals surface area contributed by atoms with E-state index in [1.807, 2.05) is 0 Å². The van der Waals surface area contributed by atoms with Gasteiger partial charge in [-0.1, -0.05) is 19.3 Å². The smallest absolute Gasteiger partial charge is 0.326 e. The highest BCUT2D eigenvalue weighted by molar-refractivity contribution is 5.83. The lowest BCUT2D eigenvalue weighted by Gasteiger charge is -2.28. The van der Waals surface area contributed by atoms with Gasteiger partial charge in [-0.25, -0.2) is 9.59 Å². The van der Waals surface area contributed by atoms with Crippen LogP contribution in [0.1, 0.15) is 44.9 Å². The second-order valence-electron chi connectivity index (χ2n) is 5.73. The van der Waals surface area contributed by atoms with E-state index in [4.69, 9.17) is 10.8 Å². The molecule has 0 aromatic rings. The summed E-state index contributed by atoms with van der Waals surface area (Å²) in [5.41, 5.74) is 5.00. The summed E-state index contributed by atoms with van der Waals surface area (Å²) < 4.78 is 0. The molecule has 1 atom stereocenters. The quantitative estimate of drug-likeness (QED) is 0.649. The summed E-state index contributed by atoms with van der Waals surface area (Å²) in [7, 11) is 1.66. The van der Waals surface area contributed by atoms with E-state index in [2.05, 4.69) is 5.32 Å². The summed E-state index contributed by atoms with van der Waals surface area (Å²) in [6.45, 7) is 0.633. The molecule has 3 amide bonds. The molecule has 4 N–H and O–H groups in total. The Kier molecular flexibility index (Phi) is 6.98. The van der Waals surface area contributed by atoms with Crippen LogP contribution in [0.5, 0.6) is 0 Å². The number of carbonyl (C=O) groups is 3. The van der Waals surface area contributed by atoms with Gasteiger partial charge in [0.05, 0.1) is 0 Å². The molecule has 7 nitrogen and oxygen atoms in total. The number of aliphatic carboxylic acids is 1. The van der Waals surface area contributed by atoms with Gasteiger partial charge in [-0.05, 0) is 25.2 Å². The van der Waals surface area contributed by atoms with Crippen LogP contribution in [0.15, 0.2) is 0 Å². The van der Waals surface area contributed by atoms with E-state index in [1.54, 1.807) is 7.05 Å². The molecule has 1 fully saturated rings. The van der Waals surface area contributed by atoms with Crippen molar-refractivity contribution in [3.8, 4) is 0 Å². The molecule has 1 unspecified atom stereocenters. The van der Waals surface area contributed by atoms with Gasteiger partial charge in [-0.15, -0.1) is 0 Å². The van der Waals surface area contributed by atoms with Crippen LogP contribution in [-0.2, 0) is 9.59 Å². The van der Waals surface area contributed by atoms with Gasteiger partial charge in [0.25, 0.3) is 0 Å². The molecule has 0 bridgehead atoms. The van der Waals surface area contributed by atoms with Gasteiger partial charge in [0.1, 0.15) is 6.04 Å². The second-order valence-corrected chi connectivity index (χ2v) is 5.73. The Labute approximate surface area is 124 Å². The Morgan fingerprint density at radius 2 is 1.90 bits per heavy atom. The molecule has 1 aliphatic carbocycles. The Bertz CT molecular complexity index is 380. The molecule has 120 valence electrons. The van der Waals surface area contributed by atoms with Crippen molar-refractivity contribution in [1.82, 2.24) is 10.2 Å². The fraction of sp³-hybridized carbons (Fsp3) is 0.786. The number of urea groups is 1. The zero-order valence-electron chi connectivity index (χ0n) is 12.5. The number of rotatable bonds is 7. The normalized spacial score (nSPS) is 17.0. The summed E-state index contributed by atoms with van der Waals surface area (Å²) in [4.78, 5) is 35.3. The standard InChI is InChI=1S/C14H25N3O4/c1-17(9-10-5-3-2-4-6-10)14(21)16-11(13(19)20)7-8-12(15)18/h10-11H,2-9H2,1H3,(H2,15,18)(H,16,21)(H,19,20). The zero-order chi connectivity index (χ0) is 15.8. The molecule has 0 aromatic heterocycles. The topological polar surface area (TPSA) is 113 Å². The van der Waals surface area contributed by atoms with Crippen LogP contribution < -0.4 is 11.1 Å². The lowest BCUT2D eigenvalue weighted by molar-refractivity contribution is -0.139. The third kappa shape index (κ3) is 6.46. The highest BCUT2D eigenvalue weighted by atomic mass is 16.4. The molecule has 0 aliphatic heterocycles. The summed E-state index contributed by atoms with van der Waals surface area (Å²) in [5, 5.41) is 11.5. The molecule has 0 heterocycles. The van der Waals surface area contributed by atoms with Crippen molar-refractivity contribution >= 4 is 17.9 Å². The minimum absolute atomic E-state index is 0.00761. The molecular weight excluding hydrogens is 274 g/mol. The number of primary amides is 1. The number of hydrogen-bond acceptors (Lipinski definition) is 3. The van der Waals surface area contributed by atoms with Crippen LogP contribution in [0, 0.1) is 5.92 Å². The van der Waals surface area contributed by atoms with Gasteiger partial charge < -0.3 is 21.1 Å². The van der Waals surface area contributed by atoms with Crippen molar-refractivity contribution in [1.29, 1.82) is 0 Å². The van der Waals surface area contributed by atoms with Crippen LogP contribution in [-0.4, -0.2) is 47.5 Å². The van der Waals surface area contributed by atoms with E-state index in [-0.39, 0.29) is 12.8 Å². The first kappa shape index (κ1) is 17.3. The maximum atomic E-state index is 12.0. The lowest BCUT2D eigenvalue weighted by atomic mass is 9.89. The first-order valence-corrected chi connectivity index (χ1v) is 7.43. The monoisotopic (exact) mass is 299 g/mol. The number of nitrogens with two attached hydrogens (primary N) is 1. The van der Waals surface area contributed by atoms with Gasteiger partial charge in [0, 0.05) is 20.0 Å². The molecule has 7 heteroatoms. The Hall–Kier alpha value is -1.79. The highest BCUT2D eigenvalue weighted by Gasteiger charge is 2.24. The minimum Gasteiger partial charge on any atom is -0.480 e. The maximum Gasteiger partial charge on any atom is 0.326 e. The van der Waals surface area contributed by atoms with Gasteiger partial charge in [0.2, 0.25) is 5.91 Å². The Balaban J connectivity index is 2.43.